The Bertz CT molecular complexity index is 969. The maximum Gasteiger partial charge on any atom is 0.173 e. The minimum absolute atomic E-state index is 0.498. The van der Waals surface area contributed by atoms with E-state index < -0.39 is 0 Å². The van der Waals surface area contributed by atoms with Crippen LogP contribution in [0.4, 0.5) is 11.4 Å². The molecule has 4 heteroatoms. The summed E-state index contributed by atoms with van der Waals surface area (Å²) >= 11 is 6.05. The summed E-state index contributed by atoms with van der Waals surface area (Å²) in [5.74, 6) is 0.663. The van der Waals surface area contributed by atoms with Crippen molar-refractivity contribution in [1.29, 1.82) is 0 Å². The van der Waals surface area contributed by atoms with Gasteiger partial charge in [0, 0.05) is 37.1 Å². The predicted molar refractivity (Wildman–Crippen MR) is 146 cm³/mol. The van der Waals surface area contributed by atoms with Crippen LogP contribution in [0.2, 0.25) is 0 Å². The van der Waals surface area contributed by atoms with Crippen LogP contribution in [-0.4, -0.2) is 29.1 Å². The van der Waals surface area contributed by atoms with Crippen LogP contribution >= 0.6 is 12.2 Å². The van der Waals surface area contributed by atoms with E-state index >= 15 is 0 Å². The van der Waals surface area contributed by atoms with Gasteiger partial charge in [0.1, 0.15) is 0 Å². The first-order chi connectivity index (χ1) is 16.0. The lowest BCUT2D eigenvalue weighted by Gasteiger charge is -2.40. The molecule has 33 heavy (non-hydrogen) atoms. The standard InChI is InChI=1S/C29H41N3S/c1-5-16-31-17-8-10-25-19-24(13-15-28(25)31)20-32(27-11-7-6-9-22(27)3)29(33)30-26-14-12-21(2)23(4)18-26/h12-15,18-19,22,27H,5-11,16-17,20H2,1-4H3,(H,30,33)/t22-,27+/m0/s1. The Labute approximate surface area is 206 Å². The Morgan fingerprint density at radius 3 is 2.64 bits per heavy atom. The average Bonchev–Trinajstić information content (AvgIpc) is 2.81. The summed E-state index contributed by atoms with van der Waals surface area (Å²) in [7, 11) is 0. The summed E-state index contributed by atoms with van der Waals surface area (Å²) in [4.78, 5) is 5.05. The molecule has 1 aliphatic heterocycles. The lowest BCUT2D eigenvalue weighted by atomic mass is 9.84. The monoisotopic (exact) mass is 463 g/mol. The second kappa shape index (κ2) is 10.9. The van der Waals surface area contributed by atoms with E-state index in [1.165, 1.54) is 79.4 Å². The van der Waals surface area contributed by atoms with Gasteiger partial charge in [0.15, 0.2) is 5.11 Å². The van der Waals surface area contributed by atoms with E-state index in [1.54, 1.807) is 0 Å². The maximum absolute atomic E-state index is 6.05. The molecule has 0 unspecified atom stereocenters. The number of rotatable bonds is 6. The molecule has 2 atom stereocenters. The van der Waals surface area contributed by atoms with E-state index in [0.717, 1.165) is 23.9 Å². The Hall–Kier alpha value is -2.07. The number of benzene rings is 2. The Balaban J connectivity index is 1.57. The van der Waals surface area contributed by atoms with Gasteiger partial charge in [-0.2, -0.15) is 0 Å². The van der Waals surface area contributed by atoms with Crippen molar-refractivity contribution in [3.8, 4) is 0 Å². The van der Waals surface area contributed by atoms with Gasteiger partial charge in [-0.05, 0) is 105 Å². The molecule has 0 radical (unpaired) electrons. The van der Waals surface area contributed by atoms with Crippen LogP contribution in [0.1, 0.15) is 74.6 Å². The fourth-order valence-electron chi connectivity index (χ4n) is 5.64. The van der Waals surface area contributed by atoms with Crippen molar-refractivity contribution >= 4 is 28.7 Å². The molecule has 1 aliphatic carbocycles. The topological polar surface area (TPSA) is 18.5 Å². The normalized spacial score (nSPS) is 20.3. The molecule has 1 heterocycles. The second-order valence-electron chi connectivity index (χ2n) is 10.2. The first kappa shape index (κ1) is 24.1. The van der Waals surface area contributed by atoms with Crippen molar-refractivity contribution in [2.24, 2.45) is 5.92 Å². The van der Waals surface area contributed by atoms with Gasteiger partial charge in [-0.15, -0.1) is 0 Å². The summed E-state index contributed by atoms with van der Waals surface area (Å²) in [6, 6.07) is 14.2. The zero-order valence-electron chi connectivity index (χ0n) is 21.0. The first-order valence-corrected chi connectivity index (χ1v) is 13.4. The number of anilines is 2. The number of thiocarbonyl (C=S) groups is 1. The minimum Gasteiger partial charge on any atom is -0.371 e. The number of aryl methyl sites for hydroxylation is 3. The molecule has 2 aliphatic rings. The van der Waals surface area contributed by atoms with E-state index in [2.05, 4.69) is 79.2 Å². The molecular formula is C29H41N3S. The number of fused-ring (bicyclic) bond motifs is 1. The smallest absolute Gasteiger partial charge is 0.173 e. The minimum atomic E-state index is 0.498. The molecule has 0 aromatic heterocycles. The first-order valence-electron chi connectivity index (χ1n) is 13.0. The van der Waals surface area contributed by atoms with E-state index in [9.17, 15) is 0 Å². The zero-order chi connectivity index (χ0) is 23.4. The van der Waals surface area contributed by atoms with Crippen molar-refractivity contribution in [1.82, 2.24) is 4.90 Å². The van der Waals surface area contributed by atoms with Gasteiger partial charge in [-0.3, -0.25) is 0 Å². The number of nitrogens with zero attached hydrogens (tertiary/aromatic N) is 2. The summed E-state index contributed by atoms with van der Waals surface area (Å²) in [6.07, 6.45) is 8.81. The molecular weight excluding hydrogens is 422 g/mol. The molecule has 3 nitrogen and oxygen atoms in total. The largest absolute Gasteiger partial charge is 0.371 e. The molecule has 0 spiro atoms. The highest BCUT2D eigenvalue weighted by atomic mass is 32.1. The van der Waals surface area contributed by atoms with Gasteiger partial charge < -0.3 is 15.1 Å². The third-order valence-electron chi connectivity index (χ3n) is 7.69. The fraction of sp³-hybridized carbons (Fsp3) is 0.552. The number of nitrogens with one attached hydrogen (secondary N) is 1. The van der Waals surface area contributed by atoms with Crippen molar-refractivity contribution in [3.05, 3.63) is 58.7 Å². The molecule has 0 bridgehead atoms. The molecule has 1 N–H and O–H groups in total. The Morgan fingerprint density at radius 2 is 1.88 bits per heavy atom. The second-order valence-corrected chi connectivity index (χ2v) is 10.6. The molecule has 1 fully saturated rings. The van der Waals surface area contributed by atoms with Crippen LogP contribution in [0, 0.1) is 19.8 Å². The van der Waals surface area contributed by atoms with Crippen LogP contribution in [0.15, 0.2) is 36.4 Å². The Morgan fingerprint density at radius 1 is 1.06 bits per heavy atom. The molecule has 0 amide bonds. The van der Waals surface area contributed by atoms with Crippen molar-refractivity contribution < 1.29 is 0 Å². The van der Waals surface area contributed by atoms with Crippen LogP contribution < -0.4 is 10.2 Å². The fourth-order valence-corrected chi connectivity index (χ4v) is 5.96. The van der Waals surface area contributed by atoms with Gasteiger partial charge in [-0.1, -0.05) is 44.9 Å². The third-order valence-corrected chi connectivity index (χ3v) is 8.03. The van der Waals surface area contributed by atoms with Crippen LogP contribution in [-0.2, 0) is 13.0 Å². The highest BCUT2D eigenvalue weighted by molar-refractivity contribution is 7.80. The summed E-state index contributed by atoms with van der Waals surface area (Å²) in [5, 5.41) is 4.45. The number of hydrogen-bond acceptors (Lipinski definition) is 2. The highest BCUT2D eigenvalue weighted by Gasteiger charge is 2.29. The van der Waals surface area contributed by atoms with E-state index in [-0.39, 0.29) is 0 Å². The quantitative estimate of drug-likeness (QED) is 0.455. The predicted octanol–water partition coefficient (Wildman–Crippen LogP) is 7.24. The summed E-state index contributed by atoms with van der Waals surface area (Å²) in [5.41, 5.74) is 8.05. The van der Waals surface area contributed by atoms with E-state index in [1.807, 2.05) is 0 Å². The molecule has 1 saturated carbocycles. The average molecular weight is 464 g/mol. The van der Waals surface area contributed by atoms with Crippen molar-refractivity contribution in [2.45, 2.75) is 85.2 Å². The number of hydrogen-bond donors (Lipinski definition) is 1. The van der Waals surface area contributed by atoms with E-state index in [0.29, 0.717) is 12.0 Å². The highest BCUT2D eigenvalue weighted by Crippen LogP contribution is 2.32. The van der Waals surface area contributed by atoms with Crippen LogP contribution in [0.25, 0.3) is 0 Å². The Kier molecular flexibility index (Phi) is 7.95. The SMILES string of the molecule is CCCN1CCCc2cc(CN(C(=S)Nc3ccc(C)c(C)c3)[C@@H]3CCCC[C@@H]3C)ccc21. The lowest BCUT2D eigenvalue weighted by molar-refractivity contribution is 0.177. The van der Waals surface area contributed by atoms with Crippen LogP contribution in [0.3, 0.4) is 0 Å². The molecule has 4 rings (SSSR count). The van der Waals surface area contributed by atoms with Gasteiger partial charge >= 0.3 is 0 Å². The molecule has 0 saturated heterocycles. The van der Waals surface area contributed by atoms with Crippen molar-refractivity contribution in [2.75, 3.05) is 23.3 Å². The molecule has 2 aromatic carbocycles. The van der Waals surface area contributed by atoms with Gasteiger partial charge in [0.25, 0.3) is 0 Å². The summed E-state index contributed by atoms with van der Waals surface area (Å²) in [6.45, 7) is 12.2. The van der Waals surface area contributed by atoms with Crippen LogP contribution in [0.5, 0.6) is 0 Å². The van der Waals surface area contributed by atoms with Gasteiger partial charge in [0.05, 0.1) is 0 Å². The molecule has 2 aromatic rings. The maximum atomic E-state index is 6.05. The van der Waals surface area contributed by atoms with E-state index in [4.69, 9.17) is 12.2 Å². The van der Waals surface area contributed by atoms with Gasteiger partial charge in [0.2, 0.25) is 0 Å². The third kappa shape index (κ3) is 5.71. The summed E-state index contributed by atoms with van der Waals surface area (Å²) < 4.78 is 0. The van der Waals surface area contributed by atoms with Gasteiger partial charge in [-0.25, -0.2) is 0 Å². The molecule has 178 valence electrons. The van der Waals surface area contributed by atoms with Crippen molar-refractivity contribution in [3.63, 3.8) is 0 Å². The zero-order valence-corrected chi connectivity index (χ0v) is 21.8. The lowest BCUT2D eigenvalue weighted by Crippen LogP contribution is -2.46.